The summed E-state index contributed by atoms with van der Waals surface area (Å²) in [7, 11) is 0. The van der Waals surface area contributed by atoms with Crippen molar-refractivity contribution in [1.29, 1.82) is 0 Å². The molecule has 94 valence electrons. The van der Waals surface area contributed by atoms with Crippen molar-refractivity contribution < 1.29 is 14.7 Å². The molecule has 0 fully saturated rings. The molecule has 2 N–H and O–H groups in total. The summed E-state index contributed by atoms with van der Waals surface area (Å²) < 4.78 is 0. The molecule has 0 aliphatic heterocycles. The Hall–Kier alpha value is -1.50. The topological polar surface area (TPSA) is 92.2 Å². The highest BCUT2D eigenvalue weighted by Crippen LogP contribution is 2.27. The summed E-state index contributed by atoms with van der Waals surface area (Å²) in [5.74, 6) is -1.35. The lowest BCUT2D eigenvalue weighted by molar-refractivity contribution is -0.138. The van der Waals surface area contributed by atoms with E-state index >= 15 is 0 Å². The second-order valence-corrected chi connectivity index (χ2v) is 5.58. The number of carbonyl (C=O) groups excluding carboxylic acids is 1. The largest absolute Gasteiger partial charge is 0.481 e. The summed E-state index contributed by atoms with van der Waals surface area (Å²) >= 11 is 1.30. The third-order valence-electron chi connectivity index (χ3n) is 1.88. The Labute approximate surface area is 103 Å². The summed E-state index contributed by atoms with van der Waals surface area (Å²) in [4.78, 5) is 21.6. The van der Waals surface area contributed by atoms with E-state index in [9.17, 15) is 9.59 Å². The van der Waals surface area contributed by atoms with Crippen LogP contribution in [0, 0.1) is 0 Å². The zero-order chi connectivity index (χ0) is 13.1. The van der Waals surface area contributed by atoms with Gasteiger partial charge in [0.15, 0.2) is 0 Å². The molecule has 0 aliphatic rings. The van der Waals surface area contributed by atoms with Crippen LogP contribution in [0.2, 0.25) is 0 Å². The zero-order valence-electron chi connectivity index (χ0n) is 9.98. The van der Waals surface area contributed by atoms with Gasteiger partial charge in [0.25, 0.3) is 0 Å². The van der Waals surface area contributed by atoms with Gasteiger partial charge < -0.3 is 10.4 Å². The van der Waals surface area contributed by atoms with Gasteiger partial charge in [-0.05, 0) is 0 Å². The van der Waals surface area contributed by atoms with Crippen molar-refractivity contribution in [2.75, 3.05) is 5.32 Å². The van der Waals surface area contributed by atoms with Crippen molar-refractivity contribution in [2.45, 2.75) is 39.0 Å². The van der Waals surface area contributed by atoms with Crippen LogP contribution in [0.25, 0.3) is 0 Å². The molecule has 0 aliphatic carbocycles. The van der Waals surface area contributed by atoms with E-state index in [1.54, 1.807) is 0 Å². The average Bonchev–Trinajstić information content (AvgIpc) is 2.62. The molecule has 1 aromatic rings. The summed E-state index contributed by atoms with van der Waals surface area (Å²) in [6.45, 7) is 6.01. The highest BCUT2D eigenvalue weighted by Gasteiger charge is 2.20. The second-order valence-electron chi connectivity index (χ2n) is 4.60. The summed E-state index contributed by atoms with van der Waals surface area (Å²) in [5.41, 5.74) is -0.109. The van der Waals surface area contributed by atoms with Crippen LogP contribution >= 0.6 is 11.3 Å². The van der Waals surface area contributed by atoms with Crippen LogP contribution in [0.15, 0.2) is 0 Å². The molecule has 0 saturated heterocycles. The number of hydrogen-bond acceptors (Lipinski definition) is 5. The number of carbonyl (C=O) groups is 2. The summed E-state index contributed by atoms with van der Waals surface area (Å²) in [6.07, 6.45) is -0.240. The number of amides is 1. The number of carboxylic acids is 1. The maximum Gasteiger partial charge on any atom is 0.303 e. The first-order valence-corrected chi connectivity index (χ1v) is 5.96. The normalized spacial score (nSPS) is 11.2. The summed E-state index contributed by atoms with van der Waals surface area (Å²) in [5, 5.41) is 20.0. The van der Waals surface area contributed by atoms with Gasteiger partial charge in [-0.1, -0.05) is 32.1 Å². The number of aromatic nitrogens is 2. The van der Waals surface area contributed by atoms with Gasteiger partial charge in [0.1, 0.15) is 5.01 Å². The molecule has 1 rings (SSSR count). The van der Waals surface area contributed by atoms with Crippen LogP contribution in [-0.2, 0) is 15.0 Å². The van der Waals surface area contributed by atoms with Crippen molar-refractivity contribution in [2.24, 2.45) is 0 Å². The van der Waals surface area contributed by atoms with Crippen LogP contribution in [0.1, 0.15) is 38.6 Å². The Bertz CT molecular complexity index is 423. The van der Waals surface area contributed by atoms with Gasteiger partial charge in [0.2, 0.25) is 11.0 Å². The van der Waals surface area contributed by atoms with E-state index in [-0.39, 0.29) is 24.2 Å². The van der Waals surface area contributed by atoms with E-state index in [4.69, 9.17) is 5.11 Å². The molecule has 0 unspecified atom stereocenters. The van der Waals surface area contributed by atoms with Crippen LogP contribution < -0.4 is 5.32 Å². The van der Waals surface area contributed by atoms with Crippen molar-refractivity contribution in [3.05, 3.63) is 5.01 Å². The van der Waals surface area contributed by atoms with Crippen molar-refractivity contribution in [3.63, 3.8) is 0 Å². The number of hydrogen-bond donors (Lipinski definition) is 2. The summed E-state index contributed by atoms with van der Waals surface area (Å²) in [6, 6.07) is 0. The van der Waals surface area contributed by atoms with Crippen LogP contribution in [0.3, 0.4) is 0 Å². The Morgan fingerprint density at radius 1 is 1.29 bits per heavy atom. The molecular formula is C10H15N3O3S. The lowest BCUT2D eigenvalue weighted by atomic mass is 9.98. The van der Waals surface area contributed by atoms with E-state index in [1.165, 1.54) is 11.3 Å². The van der Waals surface area contributed by atoms with Gasteiger partial charge in [0, 0.05) is 11.8 Å². The number of aliphatic carboxylic acids is 1. The highest BCUT2D eigenvalue weighted by atomic mass is 32.1. The number of nitrogens with one attached hydrogen (secondary N) is 1. The molecular weight excluding hydrogens is 242 g/mol. The quantitative estimate of drug-likeness (QED) is 0.855. The van der Waals surface area contributed by atoms with E-state index in [1.807, 2.05) is 20.8 Å². The first kappa shape index (κ1) is 13.6. The van der Waals surface area contributed by atoms with Gasteiger partial charge in [-0.15, -0.1) is 10.2 Å². The van der Waals surface area contributed by atoms with Gasteiger partial charge in [-0.2, -0.15) is 0 Å². The second kappa shape index (κ2) is 5.22. The molecule has 1 amide bonds. The predicted molar refractivity (Wildman–Crippen MR) is 64.1 cm³/mol. The Kier molecular flexibility index (Phi) is 4.17. The van der Waals surface area contributed by atoms with Crippen LogP contribution in [0.5, 0.6) is 0 Å². The lowest BCUT2D eigenvalue weighted by Crippen LogP contribution is -2.12. The van der Waals surface area contributed by atoms with E-state index < -0.39 is 5.97 Å². The van der Waals surface area contributed by atoms with Crippen molar-refractivity contribution >= 4 is 28.3 Å². The molecule has 6 nitrogen and oxygen atoms in total. The number of carboxylic acid groups (broad SMARTS) is 1. The molecule has 17 heavy (non-hydrogen) atoms. The lowest BCUT2D eigenvalue weighted by Gasteiger charge is -2.12. The van der Waals surface area contributed by atoms with Gasteiger partial charge in [0.05, 0.1) is 6.42 Å². The molecule has 0 aromatic carbocycles. The third-order valence-corrected chi connectivity index (χ3v) is 3.14. The Morgan fingerprint density at radius 3 is 2.41 bits per heavy atom. The predicted octanol–water partition coefficient (Wildman–Crippen LogP) is 1.64. The first-order valence-electron chi connectivity index (χ1n) is 5.14. The number of anilines is 1. The number of rotatable bonds is 4. The molecule has 7 heteroatoms. The molecule has 0 radical (unpaired) electrons. The van der Waals surface area contributed by atoms with Crippen LogP contribution in [0.4, 0.5) is 5.13 Å². The average molecular weight is 257 g/mol. The highest BCUT2D eigenvalue weighted by molar-refractivity contribution is 7.15. The molecule has 0 saturated carbocycles. The minimum Gasteiger partial charge on any atom is -0.481 e. The van der Waals surface area contributed by atoms with Gasteiger partial charge >= 0.3 is 5.97 Å². The van der Waals surface area contributed by atoms with E-state index in [0.29, 0.717) is 5.13 Å². The molecule has 0 bridgehead atoms. The van der Waals surface area contributed by atoms with Gasteiger partial charge in [-0.3, -0.25) is 9.59 Å². The molecule has 1 aromatic heterocycles. The molecule has 1 heterocycles. The van der Waals surface area contributed by atoms with Gasteiger partial charge in [-0.25, -0.2) is 0 Å². The number of nitrogens with zero attached hydrogens (tertiary/aromatic N) is 2. The smallest absolute Gasteiger partial charge is 0.303 e. The van der Waals surface area contributed by atoms with Crippen LogP contribution in [-0.4, -0.2) is 27.2 Å². The van der Waals surface area contributed by atoms with Crippen molar-refractivity contribution in [3.8, 4) is 0 Å². The van der Waals surface area contributed by atoms with Crippen molar-refractivity contribution in [1.82, 2.24) is 10.2 Å². The maximum atomic E-state index is 11.3. The molecule has 0 atom stereocenters. The first-order chi connectivity index (χ1) is 7.79. The third kappa shape index (κ3) is 4.48. The fraction of sp³-hybridized carbons (Fsp3) is 0.600. The maximum absolute atomic E-state index is 11.3. The minimum absolute atomic E-state index is 0.0558. The molecule has 0 spiro atoms. The Balaban J connectivity index is 2.55. The zero-order valence-corrected chi connectivity index (χ0v) is 10.8. The monoisotopic (exact) mass is 257 g/mol. The fourth-order valence-corrected chi connectivity index (χ4v) is 1.80. The minimum atomic E-state index is -0.993. The SMILES string of the molecule is CC(C)(C)c1nnc(NC(=O)CCC(=O)O)s1. The Morgan fingerprint density at radius 2 is 1.94 bits per heavy atom. The van der Waals surface area contributed by atoms with E-state index in [0.717, 1.165) is 5.01 Å². The fourth-order valence-electron chi connectivity index (χ4n) is 0.979. The standard InChI is InChI=1S/C10H15N3O3S/c1-10(2,3)8-12-13-9(17-8)11-6(14)4-5-7(15)16/h4-5H2,1-3H3,(H,15,16)(H,11,13,14). The van der Waals surface area contributed by atoms with E-state index in [2.05, 4.69) is 15.5 Å².